The van der Waals surface area contributed by atoms with Crippen LogP contribution in [0, 0.1) is 11.3 Å². The Hall–Kier alpha value is -1.10. The van der Waals surface area contributed by atoms with Crippen molar-refractivity contribution in [1.29, 1.82) is 0 Å². The third-order valence-corrected chi connectivity index (χ3v) is 3.87. The third-order valence-electron chi connectivity index (χ3n) is 3.87. The first-order valence-electron chi connectivity index (χ1n) is 6.54. The van der Waals surface area contributed by atoms with Crippen molar-refractivity contribution in [2.45, 2.75) is 39.7 Å². The lowest BCUT2D eigenvalue weighted by Gasteiger charge is -2.27. The highest BCUT2D eigenvalue weighted by Crippen LogP contribution is 2.25. The molecule has 0 spiro atoms. The van der Waals surface area contributed by atoms with E-state index in [1.165, 1.54) is 7.11 Å². The van der Waals surface area contributed by atoms with Crippen LogP contribution in [0.1, 0.15) is 33.6 Å². The fraction of sp³-hybridized carbons (Fsp3) is 0.846. The minimum atomic E-state index is -0.551. The van der Waals surface area contributed by atoms with Gasteiger partial charge < -0.3 is 15.4 Å². The van der Waals surface area contributed by atoms with Gasteiger partial charge in [0.2, 0.25) is 5.91 Å². The molecule has 0 bridgehead atoms. The van der Waals surface area contributed by atoms with Gasteiger partial charge in [0, 0.05) is 6.54 Å². The molecule has 5 heteroatoms. The van der Waals surface area contributed by atoms with Crippen molar-refractivity contribution in [2.75, 3.05) is 20.2 Å². The molecule has 1 aliphatic rings. The van der Waals surface area contributed by atoms with E-state index < -0.39 is 11.5 Å². The first-order chi connectivity index (χ1) is 8.44. The Labute approximate surface area is 109 Å². The number of amides is 1. The van der Waals surface area contributed by atoms with Crippen LogP contribution in [0.3, 0.4) is 0 Å². The number of ether oxygens (including phenoxy) is 1. The Kier molecular flexibility index (Phi) is 5.14. The Bertz CT molecular complexity index is 311. The molecule has 0 aromatic carbocycles. The van der Waals surface area contributed by atoms with Crippen molar-refractivity contribution < 1.29 is 14.3 Å². The first kappa shape index (κ1) is 15.0. The molecule has 3 unspecified atom stereocenters. The molecule has 1 heterocycles. The standard InChI is InChI=1S/C13H24N2O3/c1-5-9(2)10(11(16)18-4)15-12(17)13(3)6-7-14-8-13/h9-10,14H,5-8H2,1-4H3,(H,15,17). The molecule has 0 aromatic rings. The fourth-order valence-corrected chi connectivity index (χ4v) is 2.12. The van der Waals surface area contributed by atoms with Gasteiger partial charge in [-0.2, -0.15) is 0 Å². The van der Waals surface area contributed by atoms with Crippen LogP contribution in [0.15, 0.2) is 0 Å². The van der Waals surface area contributed by atoms with Crippen molar-refractivity contribution in [2.24, 2.45) is 11.3 Å². The van der Waals surface area contributed by atoms with Crippen LogP contribution in [0.2, 0.25) is 0 Å². The van der Waals surface area contributed by atoms with Gasteiger partial charge in [0.15, 0.2) is 0 Å². The van der Waals surface area contributed by atoms with Gasteiger partial charge in [-0.3, -0.25) is 4.79 Å². The summed E-state index contributed by atoms with van der Waals surface area (Å²) in [7, 11) is 1.35. The number of carbonyl (C=O) groups excluding carboxylic acids is 2. The van der Waals surface area contributed by atoms with Gasteiger partial charge in [-0.15, -0.1) is 0 Å². The van der Waals surface area contributed by atoms with E-state index in [0.29, 0.717) is 6.54 Å². The SMILES string of the molecule is CCC(C)C(NC(=O)C1(C)CCNC1)C(=O)OC. The smallest absolute Gasteiger partial charge is 0.328 e. The predicted octanol–water partition coefficient (Wildman–Crippen LogP) is 0.690. The number of methoxy groups -OCH3 is 1. The number of rotatable bonds is 5. The van der Waals surface area contributed by atoms with Crippen LogP contribution in [0.25, 0.3) is 0 Å². The van der Waals surface area contributed by atoms with Crippen LogP contribution in [0.5, 0.6) is 0 Å². The third kappa shape index (κ3) is 3.22. The molecule has 1 saturated heterocycles. The minimum Gasteiger partial charge on any atom is -0.467 e. The summed E-state index contributed by atoms with van der Waals surface area (Å²) in [5.74, 6) is -0.366. The van der Waals surface area contributed by atoms with Crippen molar-refractivity contribution in [3.63, 3.8) is 0 Å². The molecule has 1 amide bonds. The zero-order chi connectivity index (χ0) is 13.8. The largest absolute Gasteiger partial charge is 0.467 e. The molecule has 1 aliphatic heterocycles. The zero-order valence-corrected chi connectivity index (χ0v) is 11.7. The highest BCUT2D eigenvalue weighted by Gasteiger charge is 2.39. The van der Waals surface area contributed by atoms with Gasteiger partial charge in [-0.05, 0) is 25.8 Å². The Balaban J connectivity index is 2.71. The number of hydrogen-bond donors (Lipinski definition) is 2. The zero-order valence-electron chi connectivity index (χ0n) is 11.7. The van der Waals surface area contributed by atoms with E-state index in [1.54, 1.807) is 0 Å². The second kappa shape index (κ2) is 6.18. The van der Waals surface area contributed by atoms with E-state index in [9.17, 15) is 9.59 Å². The average Bonchev–Trinajstić information content (AvgIpc) is 2.82. The van der Waals surface area contributed by atoms with E-state index in [1.807, 2.05) is 20.8 Å². The van der Waals surface area contributed by atoms with Gasteiger partial charge in [-0.25, -0.2) is 4.79 Å². The summed E-state index contributed by atoms with van der Waals surface area (Å²) in [6.07, 6.45) is 1.61. The van der Waals surface area contributed by atoms with Crippen LogP contribution < -0.4 is 10.6 Å². The van der Waals surface area contributed by atoms with Gasteiger partial charge in [0.1, 0.15) is 6.04 Å². The first-order valence-corrected chi connectivity index (χ1v) is 6.54. The van der Waals surface area contributed by atoms with E-state index in [-0.39, 0.29) is 17.8 Å². The lowest BCUT2D eigenvalue weighted by Crippen LogP contribution is -2.51. The molecule has 18 heavy (non-hydrogen) atoms. The summed E-state index contributed by atoms with van der Waals surface area (Å²) in [6.45, 7) is 7.36. The monoisotopic (exact) mass is 256 g/mol. The van der Waals surface area contributed by atoms with Crippen LogP contribution in [-0.4, -0.2) is 38.1 Å². The molecule has 2 N–H and O–H groups in total. The summed E-state index contributed by atoms with van der Waals surface area (Å²) in [4.78, 5) is 24.0. The summed E-state index contributed by atoms with van der Waals surface area (Å²) in [5, 5.41) is 6.02. The van der Waals surface area contributed by atoms with Crippen molar-refractivity contribution in [3.8, 4) is 0 Å². The lowest BCUT2D eigenvalue weighted by atomic mass is 9.87. The van der Waals surface area contributed by atoms with E-state index in [0.717, 1.165) is 19.4 Å². The summed E-state index contributed by atoms with van der Waals surface area (Å²) in [5.41, 5.74) is -0.417. The second-order valence-corrected chi connectivity index (χ2v) is 5.35. The van der Waals surface area contributed by atoms with Gasteiger partial charge in [0.05, 0.1) is 12.5 Å². The highest BCUT2D eigenvalue weighted by atomic mass is 16.5. The normalized spacial score (nSPS) is 26.4. The second-order valence-electron chi connectivity index (χ2n) is 5.35. The van der Waals surface area contributed by atoms with E-state index >= 15 is 0 Å². The summed E-state index contributed by atoms with van der Waals surface area (Å²) in [6, 6.07) is -0.551. The van der Waals surface area contributed by atoms with Crippen molar-refractivity contribution in [3.05, 3.63) is 0 Å². The quantitative estimate of drug-likeness (QED) is 0.710. The van der Waals surface area contributed by atoms with Gasteiger partial charge in [-0.1, -0.05) is 20.3 Å². The maximum Gasteiger partial charge on any atom is 0.328 e. The maximum atomic E-state index is 12.3. The Morgan fingerprint density at radius 1 is 1.50 bits per heavy atom. The van der Waals surface area contributed by atoms with E-state index in [4.69, 9.17) is 4.74 Å². The lowest BCUT2D eigenvalue weighted by molar-refractivity contribution is -0.147. The maximum absolute atomic E-state index is 12.3. The number of carbonyl (C=O) groups is 2. The molecule has 104 valence electrons. The number of nitrogens with one attached hydrogen (secondary N) is 2. The van der Waals surface area contributed by atoms with Crippen LogP contribution in [0.4, 0.5) is 0 Å². The molecular formula is C13H24N2O3. The molecule has 1 fully saturated rings. The average molecular weight is 256 g/mol. The number of esters is 1. The van der Waals surface area contributed by atoms with Crippen molar-refractivity contribution in [1.82, 2.24) is 10.6 Å². The topological polar surface area (TPSA) is 67.4 Å². The molecule has 3 atom stereocenters. The summed E-state index contributed by atoms with van der Waals surface area (Å²) >= 11 is 0. The molecule has 0 saturated carbocycles. The fourth-order valence-electron chi connectivity index (χ4n) is 2.12. The predicted molar refractivity (Wildman–Crippen MR) is 69.0 cm³/mol. The van der Waals surface area contributed by atoms with Gasteiger partial charge in [0.25, 0.3) is 0 Å². The number of hydrogen-bond acceptors (Lipinski definition) is 4. The molecule has 0 radical (unpaired) electrons. The Morgan fingerprint density at radius 2 is 2.17 bits per heavy atom. The Morgan fingerprint density at radius 3 is 2.61 bits per heavy atom. The van der Waals surface area contributed by atoms with Crippen LogP contribution in [-0.2, 0) is 14.3 Å². The molecule has 1 rings (SSSR count). The summed E-state index contributed by atoms with van der Waals surface area (Å²) < 4.78 is 4.76. The van der Waals surface area contributed by atoms with E-state index in [2.05, 4.69) is 10.6 Å². The highest BCUT2D eigenvalue weighted by molar-refractivity contribution is 5.88. The minimum absolute atomic E-state index is 0.0665. The van der Waals surface area contributed by atoms with Crippen LogP contribution >= 0.6 is 0 Å². The van der Waals surface area contributed by atoms with Gasteiger partial charge >= 0.3 is 5.97 Å². The molecule has 5 nitrogen and oxygen atoms in total. The molecule has 0 aliphatic carbocycles. The molecular weight excluding hydrogens is 232 g/mol. The van der Waals surface area contributed by atoms with Crippen molar-refractivity contribution >= 4 is 11.9 Å². The molecule has 0 aromatic heterocycles.